The Labute approximate surface area is 119 Å². The van der Waals surface area contributed by atoms with E-state index in [-0.39, 0.29) is 17.9 Å². The molecule has 20 heavy (non-hydrogen) atoms. The number of carbonyl (C=O) groups excluding carboxylic acids is 1. The fraction of sp³-hybridized carbons (Fsp3) is 0.600. The van der Waals surface area contributed by atoms with Gasteiger partial charge >= 0.3 is 0 Å². The number of rotatable bonds is 3. The highest BCUT2D eigenvalue weighted by atomic mass is 16.1. The van der Waals surface area contributed by atoms with Crippen LogP contribution in [0.1, 0.15) is 26.2 Å². The lowest BCUT2D eigenvalue weighted by molar-refractivity contribution is -0.120. The fourth-order valence-corrected chi connectivity index (χ4v) is 3.05. The van der Waals surface area contributed by atoms with Crippen LogP contribution in [0.15, 0.2) is 18.3 Å². The molecular weight excluding hydrogens is 252 g/mol. The van der Waals surface area contributed by atoms with Crippen molar-refractivity contribution < 1.29 is 4.79 Å². The summed E-state index contributed by atoms with van der Waals surface area (Å²) in [4.78, 5) is 18.9. The number of nitrogens with zero attached hydrogens (tertiary/aromatic N) is 2. The minimum absolute atomic E-state index is 0.0632. The van der Waals surface area contributed by atoms with Gasteiger partial charge in [-0.05, 0) is 44.9 Å². The van der Waals surface area contributed by atoms with Crippen LogP contribution in [0.25, 0.3) is 0 Å². The molecule has 0 aliphatic carbocycles. The van der Waals surface area contributed by atoms with E-state index in [1.165, 1.54) is 12.8 Å². The molecule has 2 N–H and O–H groups in total. The van der Waals surface area contributed by atoms with E-state index >= 15 is 0 Å². The highest BCUT2D eigenvalue weighted by Gasteiger charge is 2.29. The number of amides is 1. The van der Waals surface area contributed by atoms with E-state index in [1.807, 2.05) is 12.1 Å². The zero-order chi connectivity index (χ0) is 13.9. The van der Waals surface area contributed by atoms with Crippen molar-refractivity contribution in [1.82, 2.24) is 10.3 Å². The summed E-state index contributed by atoms with van der Waals surface area (Å²) < 4.78 is 0. The van der Waals surface area contributed by atoms with Crippen molar-refractivity contribution in [2.45, 2.75) is 32.2 Å². The van der Waals surface area contributed by atoms with Crippen molar-refractivity contribution in [3.63, 3.8) is 0 Å². The number of carbonyl (C=O) groups is 1. The molecule has 5 nitrogen and oxygen atoms in total. The molecule has 108 valence electrons. The van der Waals surface area contributed by atoms with Gasteiger partial charge in [0.15, 0.2) is 0 Å². The van der Waals surface area contributed by atoms with Gasteiger partial charge in [0.1, 0.15) is 5.82 Å². The Hall–Kier alpha value is -1.62. The number of anilines is 2. The minimum atomic E-state index is 0.0632. The topological polar surface area (TPSA) is 57.3 Å². The SMILES string of the molecule is CC1NCCC1C(=O)Nc1ccc(N2CCCC2)nc1. The molecule has 0 aromatic carbocycles. The second kappa shape index (κ2) is 5.79. The predicted molar refractivity (Wildman–Crippen MR) is 79.9 cm³/mol. The normalized spacial score (nSPS) is 25.9. The summed E-state index contributed by atoms with van der Waals surface area (Å²) in [5, 5.41) is 6.27. The average molecular weight is 274 g/mol. The number of hydrogen-bond acceptors (Lipinski definition) is 4. The standard InChI is InChI=1S/C15H22N4O/c1-11-13(6-7-16-11)15(20)18-12-4-5-14(17-10-12)19-8-2-3-9-19/h4-5,10-11,13,16H,2-3,6-9H2,1H3,(H,18,20). The monoisotopic (exact) mass is 274 g/mol. The van der Waals surface area contributed by atoms with Crippen LogP contribution in [-0.2, 0) is 4.79 Å². The van der Waals surface area contributed by atoms with Gasteiger partial charge in [-0.15, -0.1) is 0 Å². The first-order valence-corrected chi connectivity index (χ1v) is 7.49. The molecule has 2 saturated heterocycles. The second-order valence-electron chi connectivity index (χ2n) is 5.73. The summed E-state index contributed by atoms with van der Waals surface area (Å²) in [6.45, 7) is 5.16. The van der Waals surface area contributed by atoms with Crippen molar-refractivity contribution in [1.29, 1.82) is 0 Å². The average Bonchev–Trinajstić information content (AvgIpc) is 3.10. The van der Waals surface area contributed by atoms with E-state index in [1.54, 1.807) is 6.20 Å². The molecule has 0 saturated carbocycles. The van der Waals surface area contributed by atoms with Crippen LogP contribution in [0.4, 0.5) is 11.5 Å². The summed E-state index contributed by atoms with van der Waals surface area (Å²) in [7, 11) is 0. The summed E-state index contributed by atoms with van der Waals surface area (Å²) in [6, 6.07) is 4.20. The Morgan fingerprint density at radius 1 is 1.40 bits per heavy atom. The molecule has 0 radical (unpaired) electrons. The van der Waals surface area contributed by atoms with Crippen LogP contribution in [0, 0.1) is 5.92 Å². The Balaban J connectivity index is 1.61. The molecule has 1 aromatic heterocycles. The van der Waals surface area contributed by atoms with E-state index in [2.05, 4.69) is 27.4 Å². The Kier molecular flexibility index (Phi) is 3.87. The lowest BCUT2D eigenvalue weighted by atomic mass is 10.0. The van der Waals surface area contributed by atoms with Gasteiger partial charge in [0.25, 0.3) is 0 Å². The van der Waals surface area contributed by atoms with E-state index in [0.29, 0.717) is 0 Å². The molecule has 2 aliphatic rings. The Morgan fingerprint density at radius 3 is 2.80 bits per heavy atom. The molecule has 0 spiro atoms. The van der Waals surface area contributed by atoms with Crippen molar-refractivity contribution in [3.05, 3.63) is 18.3 Å². The highest BCUT2D eigenvalue weighted by molar-refractivity contribution is 5.93. The molecule has 2 unspecified atom stereocenters. The molecule has 2 atom stereocenters. The van der Waals surface area contributed by atoms with Crippen molar-refractivity contribution in [2.75, 3.05) is 29.9 Å². The Morgan fingerprint density at radius 2 is 2.20 bits per heavy atom. The molecular formula is C15H22N4O. The molecule has 3 rings (SSSR count). The van der Waals surface area contributed by atoms with E-state index in [9.17, 15) is 4.79 Å². The predicted octanol–water partition coefficient (Wildman–Crippen LogP) is 1.62. The van der Waals surface area contributed by atoms with Gasteiger partial charge in [0, 0.05) is 19.1 Å². The summed E-state index contributed by atoms with van der Waals surface area (Å²) in [5.41, 5.74) is 0.789. The largest absolute Gasteiger partial charge is 0.357 e. The van der Waals surface area contributed by atoms with Gasteiger partial charge in [-0.3, -0.25) is 4.79 Å². The first kappa shape index (κ1) is 13.4. The van der Waals surface area contributed by atoms with Crippen molar-refractivity contribution in [2.24, 2.45) is 5.92 Å². The van der Waals surface area contributed by atoms with Crippen LogP contribution in [-0.4, -0.2) is 36.6 Å². The quantitative estimate of drug-likeness (QED) is 0.879. The number of hydrogen-bond donors (Lipinski definition) is 2. The molecule has 5 heteroatoms. The van der Waals surface area contributed by atoms with E-state index in [0.717, 1.165) is 37.6 Å². The first-order chi connectivity index (χ1) is 9.74. The number of nitrogens with one attached hydrogen (secondary N) is 2. The molecule has 1 aromatic rings. The maximum Gasteiger partial charge on any atom is 0.229 e. The second-order valence-corrected chi connectivity index (χ2v) is 5.73. The van der Waals surface area contributed by atoms with Gasteiger partial charge < -0.3 is 15.5 Å². The van der Waals surface area contributed by atoms with Crippen LogP contribution < -0.4 is 15.5 Å². The van der Waals surface area contributed by atoms with Crippen molar-refractivity contribution >= 4 is 17.4 Å². The highest BCUT2D eigenvalue weighted by Crippen LogP contribution is 2.21. The molecule has 2 fully saturated rings. The maximum atomic E-state index is 12.2. The summed E-state index contributed by atoms with van der Waals surface area (Å²) in [5.74, 6) is 1.17. The lowest BCUT2D eigenvalue weighted by Crippen LogP contribution is -2.32. The van der Waals surface area contributed by atoms with Gasteiger partial charge in [0.2, 0.25) is 5.91 Å². The van der Waals surface area contributed by atoms with Gasteiger partial charge in [-0.25, -0.2) is 4.98 Å². The minimum Gasteiger partial charge on any atom is -0.357 e. The third-order valence-electron chi connectivity index (χ3n) is 4.31. The van der Waals surface area contributed by atoms with Crippen LogP contribution in [0.5, 0.6) is 0 Å². The lowest BCUT2D eigenvalue weighted by Gasteiger charge is -2.17. The van der Waals surface area contributed by atoms with Crippen LogP contribution in [0.2, 0.25) is 0 Å². The number of aromatic nitrogens is 1. The third kappa shape index (κ3) is 2.77. The Bertz CT molecular complexity index is 467. The van der Waals surface area contributed by atoms with Gasteiger partial charge in [0.05, 0.1) is 17.8 Å². The van der Waals surface area contributed by atoms with Crippen LogP contribution in [0.3, 0.4) is 0 Å². The zero-order valence-corrected chi connectivity index (χ0v) is 11.9. The van der Waals surface area contributed by atoms with E-state index in [4.69, 9.17) is 0 Å². The molecule has 1 amide bonds. The summed E-state index contributed by atoms with van der Waals surface area (Å²) >= 11 is 0. The summed E-state index contributed by atoms with van der Waals surface area (Å²) in [6.07, 6.45) is 5.16. The van der Waals surface area contributed by atoms with Gasteiger partial charge in [-0.2, -0.15) is 0 Å². The molecule has 2 aliphatic heterocycles. The smallest absolute Gasteiger partial charge is 0.229 e. The zero-order valence-electron chi connectivity index (χ0n) is 11.9. The van der Waals surface area contributed by atoms with E-state index < -0.39 is 0 Å². The molecule has 0 bridgehead atoms. The third-order valence-corrected chi connectivity index (χ3v) is 4.31. The first-order valence-electron chi connectivity index (χ1n) is 7.49. The number of pyridine rings is 1. The van der Waals surface area contributed by atoms with Gasteiger partial charge in [-0.1, -0.05) is 0 Å². The maximum absolute atomic E-state index is 12.2. The fourth-order valence-electron chi connectivity index (χ4n) is 3.05. The van der Waals surface area contributed by atoms with Crippen LogP contribution >= 0.6 is 0 Å². The van der Waals surface area contributed by atoms with Crippen molar-refractivity contribution in [3.8, 4) is 0 Å². The molecule has 3 heterocycles.